The second-order valence-corrected chi connectivity index (χ2v) is 3.61. The van der Waals surface area contributed by atoms with Gasteiger partial charge >= 0.3 is 0 Å². The van der Waals surface area contributed by atoms with Crippen LogP contribution in [0.1, 0.15) is 0 Å². The van der Waals surface area contributed by atoms with Gasteiger partial charge in [-0.05, 0) is 0 Å². The summed E-state index contributed by atoms with van der Waals surface area (Å²) >= 11 is 0. The Labute approximate surface area is 59.4 Å². The fraction of sp³-hybridized carbons (Fsp3) is 1.00. The Morgan fingerprint density at radius 1 is 1.70 bits per heavy atom. The average Bonchev–Trinajstić information content (AvgIpc) is 2.12. The molecule has 0 aromatic rings. The summed E-state index contributed by atoms with van der Waals surface area (Å²) in [6.45, 7) is 0.632. The molecule has 0 aliphatic carbocycles. The molecule has 0 spiro atoms. The molecular formula is C4H9NO4S. The third-order valence-corrected chi connectivity index (χ3v) is 1.56. The zero-order chi connectivity index (χ0) is 7.61. The minimum atomic E-state index is -3.35. The van der Waals surface area contributed by atoms with E-state index in [2.05, 4.69) is 9.50 Å². The molecule has 1 rings (SSSR count). The largest absolute Gasteiger partial charge is 0.362 e. The van der Waals surface area contributed by atoms with E-state index in [1.165, 1.54) is 0 Å². The Kier molecular flexibility index (Phi) is 2.24. The Morgan fingerprint density at radius 3 is 2.80 bits per heavy atom. The summed E-state index contributed by atoms with van der Waals surface area (Å²) in [6, 6.07) is 0. The highest BCUT2D eigenvalue weighted by atomic mass is 32.2. The van der Waals surface area contributed by atoms with Gasteiger partial charge < -0.3 is 4.74 Å². The third kappa shape index (κ3) is 2.61. The fourth-order valence-corrected chi connectivity index (χ4v) is 1.20. The molecular weight excluding hydrogens is 158 g/mol. The van der Waals surface area contributed by atoms with Crippen molar-refractivity contribution in [1.82, 2.24) is 5.32 Å². The Morgan fingerprint density at radius 2 is 2.40 bits per heavy atom. The maximum atomic E-state index is 10.5. The topological polar surface area (TPSA) is 64.6 Å². The van der Waals surface area contributed by atoms with Gasteiger partial charge in [0.25, 0.3) is 10.1 Å². The van der Waals surface area contributed by atoms with E-state index >= 15 is 0 Å². The normalized spacial score (nSPS) is 27.1. The van der Waals surface area contributed by atoms with Crippen molar-refractivity contribution in [3.8, 4) is 0 Å². The van der Waals surface area contributed by atoms with Gasteiger partial charge in [0.2, 0.25) is 0 Å². The van der Waals surface area contributed by atoms with Crippen LogP contribution in [-0.4, -0.2) is 34.2 Å². The molecule has 1 N–H and O–H groups in total. The monoisotopic (exact) mass is 167 g/mol. The summed E-state index contributed by atoms with van der Waals surface area (Å²) in [4.78, 5) is 0. The standard InChI is InChI=1S/C4H9NO4S/c1-10(6,7)9-4-2-8-3-5-4/h4-5H,2-3H2,1H3. The lowest BCUT2D eigenvalue weighted by atomic mass is 10.7. The van der Waals surface area contributed by atoms with Crippen molar-refractivity contribution >= 4 is 10.1 Å². The Hall–Kier alpha value is -0.170. The van der Waals surface area contributed by atoms with E-state index < -0.39 is 16.3 Å². The van der Waals surface area contributed by atoms with Crippen molar-refractivity contribution in [2.75, 3.05) is 19.6 Å². The molecule has 6 heteroatoms. The van der Waals surface area contributed by atoms with Crippen molar-refractivity contribution in [2.24, 2.45) is 0 Å². The van der Waals surface area contributed by atoms with Crippen LogP contribution in [0.3, 0.4) is 0 Å². The zero-order valence-electron chi connectivity index (χ0n) is 5.53. The number of ether oxygens (including phenoxy) is 1. The quantitative estimate of drug-likeness (QED) is 0.527. The van der Waals surface area contributed by atoms with Crippen LogP contribution in [0.2, 0.25) is 0 Å². The lowest BCUT2D eigenvalue weighted by molar-refractivity contribution is 0.144. The highest BCUT2D eigenvalue weighted by molar-refractivity contribution is 7.86. The summed E-state index contributed by atoms with van der Waals surface area (Å²) in [7, 11) is -3.35. The lowest BCUT2D eigenvalue weighted by Crippen LogP contribution is -2.29. The van der Waals surface area contributed by atoms with Gasteiger partial charge in [-0.2, -0.15) is 8.42 Å². The van der Waals surface area contributed by atoms with Crippen molar-refractivity contribution in [1.29, 1.82) is 0 Å². The minimum Gasteiger partial charge on any atom is -0.362 e. The van der Waals surface area contributed by atoms with Crippen molar-refractivity contribution < 1.29 is 17.3 Å². The predicted octanol–water partition coefficient (Wildman–Crippen LogP) is -1.13. The molecule has 0 bridgehead atoms. The van der Waals surface area contributed by atoms with Crippen LogP contribution < -0.4 is 5.32 Å². The molecule has 0 saturated carbocycles. The zero-order valence-corrected chi connectivity index (χ0v) is 6.35. The van der Waals surface area contributed by atoms with Gasteiger partial charge in [-0.1, -0.05) is 0 Å². The molecule has 0 aromatic heterocycles. The molecule has 1 saturated heterocycles. The third-order valence-electron chi connectivity index (χ3n) is 0.973. The van der Waals surface area contributed by atoms with Crippen LogP contribution in [0.5, 0.6) is 0 Å². The highest BCUT2D eigenvalue weighted by Gasteiger charge is 2.19. The van der Waals surface area contributed by atoms with Crippen LogP contribution >= 0.6 is 0 Å². The van der Waals surface area contributed by atoms with Crippen LogP contribution in [0.4, 0.5) is 0 Å². The number of rotatable bonds is 2. The van der Waals surface area contributed by atoms with E-state index in [9.17, 15) is 8.42 Å². The average molecular weight is 167 g/mol. The molecule has 10 heavy (non-hydrogen) atoms. The van der Waals surface area contributed by atoms with Crippen molar-refractivity contribution in [3.63, 3.8) is 0 Å². The Bertz CT molecular complexity index is 193. The first-order valence-electron chi connectivity index (χ1n) is 2.77. The van der Waals surface area contributed by atoms with E-state index in [-0.39, 0.29) is 6.61 Å². The molecule has 1 atom stereocenters. The molecule has 0 aromatic carbocycles. The molecule has 5 nitrogen and oxygen atoms in total. The molecule has 1 heterocycles. The van der Waals surface area contributed by atoms with Gasteiger partial charge in [-0.25, -0.2) is 4.18 Å². The number of nitrogens with one attached hydrogen (secondary N) is 1. The molecule has 1 aliphatic rings. The van der Waals surface area contributed by atoms with Crippen molar-refractivity contribution in [2.45, 2.75) is 6.23 Å². The van der Waals surface area contributed by atoms with Gasteiger partial charge in [-0.15, -0.1) is 0 Å². The van der Waals surface area contributed by atoms with E-state index in [0.717, 1.165) is 6.26 Å². The summed E-state index contributed by atoms with van der Waals surface area (Å²) < 4.78 is 30.3. The summed E-state index contributed by atoms with van der Waals surface area (Å²) in [5.41, 5.74) is 0. The Balaban J connectivity index is 2.38. The minimum absolute atomic E-state index is 0.285. The van der Waals surface area contributed by atoms with Crippen LogP contribution in [0.25, 0.3) is 0 Å². The summed E-state index contributed by atoms with van der Waals surface area (Å²) in [5.74, 6) is 0. The second kappa shape index (κ2) is 2.83. The predicted molar refractivity (Wildman–Crippen MR) is 33.7 cm³/mol. The van der Waals surface area contributed by atoms with Gasteiger partial charge in [0, 0.05) is 0 Å². The maximum Gasteiger partial charge on any atom is 0.265 e. The summed E-state index contributed by atoms with van der Waals surface area (Å²) in [5, 5.41) is 2.69. The summed E-state index contributed by atoms with van der Waals surface area (Å²) in [6.07, 6.45) is 0.502. The van der Waals surface area contributed by atoms with Gasteiger partial charge in [0.1, 0.15) is 0 Å². The molecule has 0 amide bonds. The van der Waals surface area contributed by atoms with E-state index in [1.54, 1.807) is 0 Å². The van der Waals surface area contributed by atoms with E-state index in [1.807, 2.05) is 0 Å². The van der Waals surface area contributed by atoms with Gasteiger partial charge in [0.15, 0.2) is 6.23 Å². The van der Waals surface area contributed by atoms with E-state index in [0.29, 0.717) is 6.73 Å². The molecule has 60 valence electrons. The fourth-order valence-electron chi connectivity index (χ4n) is 0.650. The molecule has 1 unspecified atom stereocenters. The first-order valence-corrected chi connectivity index (χ1v) is 4.59. The van der Waals surface area contributed by atoms with Gasteiger partial charge in [0.05, 0.1) is 19.6 Å². The van der Waals surface area contributed by atoms with Crippen LogP contribution in [0, 0.1) is 0 Å². The SMILES string of the molecule is CS(=O)(=O)OC1COCN1. The first kappa shape index (κ1) is 7.93. The lowest BCUT2D eigenvalue weighted by Gasteiger charge is -2.05. The van der Waals surface area contributed by atoms with E-state index in [4.69, 9.17) is 4.74 Å². The highest BCUT2D eigenvalue weighted by Crippen LogP contribution is 1.99. The van der Waals surface area contributed by atoms with Crippen LogP contribution in [0.15, 0.2) is 0 Å². The molecule has 1 fully saturated rings. The smallest absolute Gasteiger partial charge is 0.265 e. The number of hydrogen-bond donors (Lipinski definition) is 1. The van der Waals surface area contributed by atoms with Crippen molar-refractivity contribution in [3.05, 3.63) is 0 Å². The number of hydrogen-bond acceptors (Lipinski definition) is 5. The first-order chi connectivity index (χ1) is 4.58. The molecule has 0 radical (unpaired) electrons. The van der Waals surface area contributed by atoms with Gasteiger partial charge in [-0.3, -0.25) is 5.32 Å². The maximum absolute atomic E-state index is 10.5. The second-order valence-electron chi connectivity index (χ2n) is 2.01. The molecule has 1 aliphatic heterocycles. The van der Waals surface area contributed by atoms with Crippen LogP contribution in [-0.2, 0) is 19.0 Å².